The van der Waals surface area contributed by atoms with Gasteiger partial charge in [-0.1, -0.05) is 24.1 Å². The lowest BCUT2D eigenvalue weighted by atomic mass is 10.2. The third-order valence-electron chi connectivity index (χ3n) is 2.26. The second-order valence-electron chi connectivity index (χ2n) is 3.69. The number of nitrogens with two attached hydrogens (primary N) is 1. The lowest BCUT2D eigenvalue weighted by Crippen LogP contribution is -2.08. The molecule has 0 bridgehead atoms. The number of carbonyl (C=O) groups excluding carboxylic acids is 1. The SMILES string of the molecule is Nc1ccc(NC(=O)C#Cc2ccccc2)cc1. The van der Waals surface area contributed by atoms with Crippen LogP contribution in [0, 0.1) is 11.8 Å². The molecule has 1 amide bonds. The molecule has 0 spiro atoms. The maximum atomic E-state index is 11.6. The normalized spacial score (nSPS) is 9.11. The Kier molecular flexibility index (Phi) is 3.62. The average Bonchev–Trinajstić information content (AvgIpc) is 2.40. The molecular weight excluding hydrogens is 224 g/mol. The molecule has 0 saturated carbocycles. The molecule has 0 radical (unpaired) electrons. The predicted molar refractivity (Wildman–Crippen MR) is 72.8 cm³/mol. The van der Waals surface area contributed by atoms with Crippen LogP contribution in [0.3, 0.4) is 0 Å². The Labute approximate surface area is 106 Å². The molecule has 18 heavy (non-hydrogen) atoms. The molecule has 3 nitrogen and oxygen atoms in total. The highest BCUT2D eigenvalue weighted by Gasteiger charge is 1.96. The van der Waals surface area contributed by atoms with E-state index >= 15 is 0 Å². The fraction of sp³-hybridized carbons (Fsp3) is 0. The Morgan fingerprint density at radius 3 is 2.33 bits per heavy atom. The molecule has 0 aromatic heterocycles. The van der Waals surface area contributed by atoms with E-state index in [1.54, 1.807) is 24.3 Å². The van der Waals surface area contributed by atoms with Gasteiger partial charge in [-0.15, -0.1) is 0 Å². The predicted octanol–water partition coefficient (Wildman–Crippen LogP) is 2.26. The first-order valence-electron chi connectivity index (χ1n) is 5.47. The number of hydrogen-bond donors (Lipinski definition) is 2. The van der Waals surface area contributed by atoms with Gasteiger partial charge in [-0.05, 0) is 36.4 Å². The summed E-state index contributed by atoms with van der Waals surface area (Å²) in [5.74, 6) is 4.98. The highest BCUT2D eigenvalue weighted by molar-refractivity contribution is 6.04. The molecule has 0 heterocycles. The molecule has 0 aliphatic heterocycles. The molecule has 2 rings (SSSR count). The van der Waals surface area contributed by atoms with Gasteiger partial charge >= 0.3 is 5.91 Å². The molecule has 3 N–H and O–H groups in total. The Bertz CT molecular complexity index is 592. The molecule has 0 aliphatic rings. The summed E-state index contributed by atoms with van der Waals surface area (Å²) in [6.45, 7) is 0. The smallest absolute Gasteiger partial charge is 0.300 e. The van der Waals surface area contributed by atoms with Gasteiger partial charge in [0.05, 0.1) is 0 Å². The summed E-state index contributed by atoms with van der Waals surface area (Å²) in [5.41, 5.74) is 7.69. The first kappa shape index (κ1) is 11.7. The molecule has 0 aliphatic carbocycles. The van der Waals surface area contributed by atoms with Gasteiger partial charge < -0.3 is 11.1 Å². The Morgan fingerprint density at radius 2 is 1.67 bits per heavy atom. The van der Waals surface area contributed by atoms with Crippen molar-refractivity contribution in [3.63, 3.8) is 0 Å². The number of carbonyl (C=O) groups is 1. The van der Waals surface area contributed by atoms with Gasteiger partial charge in [-0.25, -0.2) is 0 Å². The number of amides is 1. The van der Waals surface area contributed by atoms with Crippen molar-refractivity contribution < 1.29 is 4.79 Å². The van der Waals surface area contributed by atoms with E-state index in [0.29, 0.717) is 11.4 Å². The number of hydrogen-bond acceptors (Lipinski definition) is 2. The van der Waals surface area contributed by atoms with Crippen LogP contribution in [0.4, 0.5) is 11.4 Å². The minimum atomic E-state index is -0.344. The zero-order valence-electron chi connectivity index (χ0n) is 9.68. The van der Waals surface area contributed by atoms with Crippen LogP contribution in [0.2, 0.25) is 0 Å². The van der Waals surface area contributed by atoms with E-state index in [-0.39, 0.29) is 5.91 Å². The topological polar surface area (TPSA) is 55.1 Å². The molecule has 0 fully saturated rings. The van der Waals surface area contributed by atoms with E-state index in [4.69, 9.17) is 5.73 Å². The van der Waals surface area contributed by atoms with Crippen LogP contribution in [0.15, 0.2) is 54.6 Å². The Morgan fingerprint density at radius 1 is 1.00 bits per heavy atom. The van der Waals surface area contributed by atoms with Crippen LogP contribution in [0.25, 0.3) is 0 Å². The van der Waals surface area contributed by atoms with Crippen molar-refractivity contribution in [1.82, 2.24) is 0 Å². The molecule has 88 valence electrons. The molecule has 3 heteroatoms. The van der Waals surface area contributed by atoms with E-state index < -0.39 is 0 Å². The maximum absolute atomic E-state index is 11.6. The number of benzene rings is 2. The lowest BCUT2D eigenvalue weighted by Gasteiger charge is -2.00. The van der Waals surface area contributed by atoms with Gasteiger partial charge in [0.25, 0.3) is 0 Å². The quantitative estimate of drug-likeness (QED) is 0.589. The second-order valence-corrected chi connectivity index (χ2v) is 3.69. The van der Waals surface area contributed by atoms with Crippen LogP contribution in [-0.2, 0) is 4.79 Å². The van der Waals surface area contributed by atoms with Gasteiger partial charge in [0.2, 0.25) is 0 Å². The minimum Gasteiger partial charge on any atom is -0.399 e. The fourth-order valence-electron chi connectivity index (χ4n) is 1.38. The van der Waals surface area contributed by atoms with Gasteiger partial charge in [0.1, 0.15) is 0 Å². The summed E-state index contributed by atoms with van der Waals surface area (Å²) in [5, 5.41) is 2.67. The number of rotatable bonds is 1. The first-order valence-corrected chi connectivity index (χ1v) is 5.47. The third-order valence-corrected chi connectivity index (χ3v) is 2.26. The molecular formula is C15H12N2O. The van der Waals surface area contributed by atoms with Gasteiger partial charge in [0, 0.05) is 22.9 Å². The van der Waals surface area contributed by atoms with Crippen LogP contribution < -0.4 is 11.1 Å². The van der Waals surface area contributed by atoms with Crippen molar-refractivity contribution in [3.8, 4) is 11.8 Å². The summed E-state index contributed by atoms with van der Waals surface area (Å²) >= 11 is 0. The molecule has 2 aromatic rings. The van der Waals surface area contributed by atoms with Crippen molar-refractivity contribution in [3.05, 3.63) is 60.2 Å². The van der Waals surface area contributed by atoms with Crippen molar-refractivity contribution in [2.24, 2.45) is 0 Å². The van der Waals surface area contributed by atoms with E-state index in [1.807, 2.05) is 30.3 Å². The van der Waals surface area contributed by atoms with Crippen molar-refractivity contribution in [1.29, 1.82) is 0 Å². The highest BCUT2D eigenvalue weighted by Crippen LogP contribution is 2.09. The zero-order valence-corrected chi connectivity index (χ0v) is 9.68. The fourth-order valence-corrected chi connectivity index (χ4v) is 1.38. The van der Waals surface area contributed by atoms with Gasteiger partial charge in [-0.3, -0.25) is 4.79 Å². The number of nitrogens with one attached hydrogen (secondary N) is 1. The second kappa shape index (κ2) is 5.55. The third kappa shape index (κ3) is 3.39. The minimum absolute atomic E-state index is 0.344. The summed E-state index contributed by atoms with van der Waals surface area (Å²) in [6.07, 6.45) is 0. The lowest BCUT2D eigenvalue weighted by molar-refractivity contribution is -0.111. The van der Waals surface area contributed by atoms with Crippen LogP contribution in [-0.4, -0.2) is 5.91 Å². The summed E-state index contributed by atoms with van der Waals surface area (Å²) in [7, 11) is 0. The van der Waals surface area contributed by atoms with E-state index in [1.165, 1.54) is 0 Å². The van der Waals surface area contributed by atoms with Crippen molar-refractivity contribution in [2.75, 3.05) is 11.1 Å². The maximum Gasteiger partial charge on any atom is 0.300 e. The van der Waals surface area contributed by atoms with E-state index in [2.05, 4.69) is 17.2 Å². The highest BCUT2D eigenvalue weighted by atomic mass is 16.1. The zero-order chi connectivity index (χ0) is 12.8. The molecule has 2 aromatic carbocycles. The Hall–Kier alpha value is -2.73. The van der Waals surface area contributed by atoms with Crippen LogP contribution >= 0.6 is 0 Å². The molecule has 0 atom stereocenters. The number of anilines is 2. The van der Waals surface area contributed by atoms with Crippen molar-refractivity contribution in [2.45, 2.75) is 0 Å². The summed E-state index contributed by atoms with van der Waals surface area (Å²) in [4.78, 5) is 11.6. The van der Waals surface area contributed by atoms with E-state index in [9.17, 15) is 4.79 Å². The summed E-state index contributed by atoms with van der Waals surface area (Å²) < 4.78 is 0. The summed E-state index contributed by atoms with van der Waals surface area (Å²) in [6, 6.07) is 16.3. The van der Waals surface area contributed by atoms with E-state index in [0.717, 1.165) is 5.56 Å². The van der Waals surface area contributed by atoms with Crippen molar-refractivity contribution >= 4 is 17.3 Å². The van der Waals surface area contributed by atoms with Gasteiger partial charge in [-0.2, -0.15) is 0 Å². The first-order chi connectivity index (χ1) is 8.74. The number of nitrogen functional groups attached to an aromatic ring is 1. The van der Waals surface area contributed by atoms with Gasteiger partial charge in [0.15, 0.2) is 0 Å². The monoisotopic (exact) mass is 236 g/mol. The standard InChI is InChI=1S/C15H12N2O/c16-13-7-9-14(10-8-13)17-15(18)11-6-12-4-2-1-3-5-12/h1-5,7-10H,16H2,(H,17,18). The largest absolute Gasteiger partial charge is 0.399 e. The molecule has 0 saturated heterocycles. The van der Waals surface area contributed by atoms with Crippen LogP contribution in [0.5, 0.6) is 0 Å². The molecule has 0 unspecified atom stereocenters. The Balaban J connectivity index is 2.01. The average molecular weight is 236 g/mol. The van der Waals surface area contributed by atoms with Crippen LogP contribution in [0.1, 0.15) is 5.56 Å².